The molecule has 3 aliphatic carbocycles. The Morgan fingerprint density at radius 3 is 2.66 bits per heavy atom. The van der Waals surface area contributed by atoms with Crippen LogP contribution in [0, 0.1) is 17.6 Å². The molecule has 0 spiro atoms. The van der Waals surface area contributed by atoms with Crippen molar-refractivity contribution < 1.29 is 23.1 Å². The molecule has 2 aromatic rings. The fourth-order valence-electron chi connectivity index (χ4n) is 4.21. The summed E-state index contributed by atoms with van der Waals surface area (Å²) in [6.45, 7) is -0.243. The van der Waals surface area contributed by atoms with Crippen molar-refractivity contribution in [3.05, 3.63) is 64.7 Å². The van der Waals surface area contributed by atoms with Gasteiger partial charge in [0.15, 0.2) is 6.61 Å². The Balaban J connectivity index is 1.28. The Kier molecular flexibility index (Phi) is 5.17. The van der Waals surface area contributed by atoms with Crippen LogP contribution in [0.1, 0.15) is 29.6 Å². The first-order valence-electron chi connectivity index (χ1n) is 9.29. The van der Waals surface area contributed by atoms with Gasteiger partial charge in [0, 0.05) is 23.2 Å². The molecular weight excluding hydrogens is 402 g/mol. The lowest BCUT2D eigenvalue weighted by Crippen LogP contribution is -2.51. The highest BCUT2D eigenvalue weighted by atomic mass is 35.5. The molecule has 2 N–H and O–H groups in total. The summed E-state index contributed by atoms with van der Waals surface area (Å²) in [5.74, 6) is -1.21. The minimum Gasteiger partial charge on any atom is -0.484 e. The van der Waals surface area contributed by atoms with Crippen LogP contribution in [-0.2, 0) is 4.79 Å². The molecule has 8 heteroatoms. The molecule has 29 heavy (non-hydrogen) atoms. The number of ether oxygens (including phenoxy) is 1. The lowest BCUT2D eigenvalue weighted by Gasteiger charge is -2.39. The number of nitrogens with one attached hydrogen (secondary N) is 2. The molecule has 0 saturated heterocycles. The number of halogens is 3. The number of hydrogen-bond donors (Lipinski definition) is 2. The van der Waals surface area contributed by atoms with Gasteiger partial charge < -0.3 is 15.4 Å². The molecule has 2 bridgehead atoms. The standard InChI is InChI=1S/C21H19ClF2N2O3/c22-16-5-4-15(7-17(16)24)29-11-19(27)25-18-10-21(8-13(18)9-21)26-20(28)12-2-1-3-14(23)6-12/h1-7,13,18H,8-11H2,(H,25,27)(H,26,28). The first-order chi connectivity index (χ1) is 13.8. The normalized spacial score (nSPS) is 24.5. The monoisotopic (exact) mass is 420 g/mol. The predicted molar refractivity (Wildman–Crippen MR) is 103 cm³/mol. The second-order valence-corrected chi connectivity index (χ2v) is 8.06. The third-order valence-electron chi connectivity index (χ3n) is 5.56. The molecule has 5 nitrogen and oxygen atoms in total. The molecular formula is C21H19ClF2N2O3. The summed E-state index contributed by atoms with van der Waals surface area (Å²) in [5.41, 5.74) is -0.0921. The number of benzene rings is 2. The third kappa shape index (κ3) is 4.19. The van der Waals surface area contributed by atoms with Gasteiger partial charge in [-0.25, -0.2) is 8.78 Å². The van der Waals surface area contributed by atoms with Crippen molar-refractivity contribution in [2.75, 3.05) is 6.61 Å². The van der Waals surface area contributed by atoms with Gasteiger partial charge in [-0.2, -0.15) is 0 Å². The summed E-state index contributed by atoms with van der Waals surface area (Å²) in [7, 11) is 0. The highest BCUT2D eigenvalue weighted by Crippen LogP contribution is 2.52. The summed E-state index contributed by atoms with van der Waals surface area (Å²) >= 11 is 5.61. The van der Waals surface area contributed by atoms with Gasteiger partial charge in [-0.1, -0.05) is 17.7 Å². The maximum absolute atomic E-state index is 13.4. The van der Waals surface area contributed by atoms with Gasteiger partial charge in [-0.3, -0.25) is 9.59 Å². The molecule has 3 saturated carbocycles. The number of hydrogen-bond acceptors (Lipinski definition) is 3. The third-order valence-corrected chi connectivity index (χ3v) is 5.86. The summed E-state index contributed by atoms with van der Waals surface area (Å²) < 4.78 is 32.0. The first kappa shape index (κ1) is 19.6. The summed E-state index contributed by atoms with van der Waals surface area (Å²) in [4.78, 5) is 24.6. The molecule has 0 aromatic heterocycles. The predicted octanol–water partition coefficient (Wildman–Crippen LogP) is 3.46. The van der Waals surface area contributed by atoms with Gasteiger partial charge in [-0.15, -0.1) is 0 Å². The second-order valence-electron chi connectivity index (χ2n) is 7.66. The number of amides is 2. The van der Waals surface area contributed by atoms with Crippen LogP contribution < -0.4 is 15.4 Å². The second kappa shape index (κ2) is 7.63. The van der Waals surface area contributed by atoms with Crippen molar-refractivity contribution in [1.29, 1.82) is 0 Å². The number of carbonyl (C=O) groups excluding carboxylic acids is 2. The van der Waals surface area contributed by atoms with Crippen LogP contribution in [-0.4, -0.2) is 30.0 Å². The maximum atomic E-state index is 13.4. The van der Waals surface area contributed by atoms with E-state index in [4.69, 9.17) is 16.3 Å². The van der Waals surface area contributed by atoms with Crippen LogP contribution in [0.3, 0.4) is 0 Å². The minimum absolute atomic E-state index is 0.0156. The average molecular weight is 421 g/mol. The van der Waals surface area contributed by atoms with Gasteiger partial charge in [-0.05, 0) is 55.5 Å². The van der Waals surface area contributed by atoms with E-state index in [-0.39, 0.29) is 52.3 Å². The van der Waals surface area contributed by atoms with E-state index in [1.54, 1.807) is 6.07 Å². The quantitative estimate of drug-likeness (QED) is 0.752. The molecule has 5 rings (SSSR count). The topological polar surface area (TPSA) is 67.4 Å². The van der Waals surface area contributed by atoms with Crippen molar-refractivity contribution in [3.63, 3.8) is 0 Å². The maximum Gasteiger partial charge on any atom is 0.258 e. The van der Waals surface area contributed by atoms with Gasteiger partial charge >= 0.3 is 0 Å². The van der Waals surface area contributed by atoms with Gasteiger partial charge in [0.25, 0.3) is 11.8 Å². The van der Waals surface area contributed by atoms with Crippen LogP contribution in [0.15, 0.2) is 42.5 Å². The zero-order valence-electron chi connectivity index (χ0n) is 15.4. The van der Waals surface area contributed by atoms with E-state index in [0.29, 0.717) is 6.42 Å². The molecule has 2 aromatic carbocycles. The van der Waals surface area contributed by atoms with E-state index in [0.717, 1.165) is 18.9 Å². The molecule has 2 amide bonds. The highest BCUT2D eigenvalue weighted by Gasteiger charge is 2.57. The van der Waals surface area contributed by atoms with Crippen molar-refractivity contribution in [1.82, 2.24) is 10.6 Å². The summed E-state index contributed by atoms with van der Waals surface area (Å²) in [6.07, 6.45) is 2.14. The summed E-state index contributed by atoms with van der Waals surface area (Å²) in [5, 5.41) is 5.90. The molecule has 0 aliphatic heterocycles. The number of rotatable bonds is 6. The molecule has 1 unspecified atom stereocenters. The SMILES string of the molecule is O=C(COc1ccc(Cl)c(F)c1)NC1CC2(NC(=O)c3cccc(F)c3)CC1C2. The van der Waals surface area contributed by atoms with Crippen molar-refractivity contribution in [2.45, 2.75) is 30.8 Å². The van der Waals surface area contributed by atoms with Gasteiger partial charge in [0.1, 0.15) is 17.4 Å². The van der Waals surface area contributed by atoms with E-state index in [1.165, 1.54) is 30.3 Å². The van der Waals surface area contributed by atoms with Crippen molar-refractivity contribution >= 4 is 23.4 Å². The molecule has 1 atom stereocenters. The molecule has 0 heterocycles. The van der Waals surface area contributed by atoms with Crippen molar-refractivity contribution in [3.8, 4) is 5.75 Å². The fraction of sp³-hybridized carbons (Fsp3) is 0.333. The lowest BCUT2D eigenvalue weighted by atomic mass is 9.76. The van der Waals surface area contributed by atoms with Gasteiger partial charge in [0.05, 0.1) is 5.02 Å². The van der Waals surface area contributed by atoms with E-state index < -0.39 is 11.6 Å². The van der Waals surface area contributed by atoms with Crippen LogP contribution in [0.4, 0.5) is 8.78 Å². The van der Waals surface area contributed by atoms with Crippen LogP contribution >= 0.6 is 11.6 Å². The molecule has 152 valence electrons. The number of carbonyl (C=O) groups is 2. The van der Waals surface area contributed by atoms with Crippen LogP contribution in [0.25, 0.3) is 0 Å². The largest absolute Gasteiger partial charge is 0.484 e. The summed E-state index contributed by atoms with van der Waals surface area (Å²) in [6, 6.07) is 9.46. The van der Waals surface area contributed by atoms with E-state index in [9.17, 15) is 18.4 Å². The molecule has 0 radical (unpaired) electrons. The smallest absolute Gasteiger partial charge is 0.258 e. The van der Waals surface area contributed by atoms with Gasteiger partial charge in [0.2, 0.25) is 0 Å². The van der Waals surface area contributed by atoms with E-state index in [1.807, 2.05) is 0 Å². The van der Waals surface area contributed by atoms with Crippen LogP contribution in [0.2, 0.25) is 5.02 Å². The Morgan fingerprint density at radius 2 is 1.93 bits per heavy atom. The Morgan fingerprint density at radius 1 is 1.14 bits per heavy atom. The van der Waals surface area contributed by atoms with E-state index >= 15 is 0 Å². The first-order valence-corrected chi connectivity index (χ1v) is 9.67. The fourth-order valence-corrected chi connectivity index (χ4v) is 4.33. The Labute approximate surface area is 171 Å². The Bertz CT molecular complexity index is 963. The Hall–Kier alpha value is -2.67. The lowest BCUT2D eigenvalue weighted by molar-refractivity contribution is -0.124. The average Bonchev–Trinajstić information content (AvgIpc) is 3.16. The zero-order chi connectivity index (χ0) is 20.6. The molecule has 3 fully saturated rings. The molecule has 3 aliphatic rings. The minimum atomic E-state index is -0.614. The highest BCUT2D eigenvalue weighted by molar-refractivity contribution is 6.30. The number of fused-ring (bicyclic) bond motifs is 1. The zero-order valence-corrected chi connectivity index (χ0v) is 16.1. The van der Waals surface area contributed by atoms with Crippen LogP contribution in [0.5, 0.6) is 5.75 Å². The van der Waals surface area contributed by atoms with E-state index in [2.05, 4.69) is 10.6 Å². The van der Waals surface area contributed by atoms with Crippen molar-refractivity contribution in [2.24, 2.45) is 5.92 Å².